The van der Waals surface area contributed by atoms with E-state index in [0.717, 1.165) is 31.1 Å². The third-order valence-electron chi connectivity index (χ3n) is 3.35. The molecular weight excluding hydrogens is 212 g/mol. The van der Waals surface area contributed by atoms with Gasteiger partial charge in [0.2, 0.25) is 0 Å². The van der Waals surface area contributed by atoms with Crippen molar-refractivity contribution in [2.45, 2.75) is 45.6 Å². The van der Waals surface area contributed by atoms with Crippen LogP contribution < -0.4 is 10.2 Å². The summed E-state index contributed by atoms with van der Waals surface area (Å²) >= 11 is 0. The van der Waals surface area contributed by atoms with Crippen molar-refractivity contribution in [2.24, 2.45) is 0 Å². The molecule has 1 aromatic rings. The minimum Gasteiger partial charge on any atom is -0.370 e. The van der Waals surface area contributed by atoms with Gasteiger partial charge in [-0.3, -0.25) is 0 Å². The molecule has 4 nitrogen and oxygen atoms in total. The van der Waals surface area contributed by atoms with E-state index >= 15 is 0 Å². The number of nitrogens with zero attached hydrogens (tertiary/aromatic N) is 3. The van der Waals surface area contributed by atoms with E-state index in [4.69, 9.17) is 0 Å². The van der Waals surface area contributed by atoms with E-state index in [0.29, 0.717) is 6.04 Å². The van der Waals surface area contributed by atoms with Crippen LogP contribution in [0.1, 0.15) is 39.5 Å². The fourth-order valence-corrected chi connectivity index (χ4v) is 2.42. The molecule has 94 valence electrons. The highest BCUT2D eigenvalue weighted by atomic mass is 15.2. The second kappa shape index (κ2) is 5.84. The van der Waals surface area contributed by atoms with Crippen molar-refractivity contribution in [3.8, 4) is 0 Å². The Kier molecular flexibility index (Phi) is 4.18. The molecule has 0 aromatic carbocycles. The maximum Gasteiger partial charge on any atom is 0.134 e. The molecule has 0 amide bonds. The van der Waals surface area contributed by atoms with Crippen LogP contribution in [0, 0.1) is 0 Å². The second-order valence-electron chi connectivity index (χ2n) is 4.59. The number of hydrogen-bond acceptors (Lipinski definition) is 4. The third-order valence-corrected chi connectivity index (χ3v) is 3.35. The highest BCUT2D eigenvalue weighted by Gasteiger charge is 2.24. The Hall–Kier alpha value is -1.32. The van der Waals surface area contributed by atoms with Crippen molar-refractivity contribution < 1.29 is 0 Å². The van der Waals surface area contributed by atoms with E-state index in [-0.39, 0.29) is 0 Å². The second-order valence-corrected chi connectivity index (χ2v) is 4.59. The molecule has 1 unspecified atom stereocenters. The van der Waals surface area contributed by atoms with Gasteiger partial charge < -0.3 is 10.2 Å². The third kappa shape index (κ3) is 2.87. The standard InChI is InChI=1S/C13H22N4/c1-3-7-14-12-9-13(16-10-15-12)17-8-5-6-11(17)4-2/h9-11H,3-8H2,1-2H3,(H,14,15,16). The van der Waals surface area contributed by atoms with E-state index in [9.17, 15) is 0 Å². The lowest BCUT2D eigenvalue weighted by atomic mass is 10.2. The highest BCUT2D eigenvalue weighted by Crippen LogP contribution is 2.26. The minimum atomic E-state index is 0.656. The molecule has 0 spiro atoms. The van der Waals surface area contributed by atoms with Crippen LogP contribution in [-0.2, 0) is 0 Å². The molecule has 0 saturated carbocycles. The summed E-state index contributed by atoms with van der Waals surface area (Å²) in [5, 5.41) is 3.31. The highest BCUT2D eigenvalue weighted by molar-refractivity contribution is 5.49. The molecule has 4 heteroatoms. The van der Waals surface area contributed by atoms with Crippen molar-refractivity contribution in [1.82, 2.24) is 9.97 Å². The molecule has 1 atom stereocenters. The maximum absolute atomic E-state index is 4.40. The number of nitrogens with one attached hydrogen (secondary N) is 1. The van der Waals surface area contributed by atoms with Crippen molar-refractivity contribution >= 4 is 11.6 Å². The molecule has 1 aliphatic rings. The Morgan fingerprint density at radius 2 is 2.29 bits per heavy atom. The summed E-state index contributed by atoms with van der Waals surface area (Å²) in [6.07, 6.45) is 6.54. The van der Waals surface area contributed by atoms with E-state index in [2.05, 4.69) is 40.1 Å². The lowest BCUT2D eigenvalue weighted by Gasteiger charge is -2.24. The molecule has 17 heavy (non-hydrogen) atoms. The van der Waals surface area contributed by atoms with E-state index < -0.39 is 0 Å². The first-order valence-electron chi connectivity index (χ1n) is 6.67. The van der Waals surface area contributed by atoms with Gasteiger partial charge in [0, 0.05) is 25.2 Å². The predicted octanol–water partition coefficient (Wildman–Crippen LogP) is 2.68. The zero-order valence-corrected chi connectivity index (χ0v) is 10.8. The molecule has 1 fully saturated rings. The lowest BCUT2D eigenvalue weighted by molar-refractivity contribution is 0.640. The van der Waals surface area contributed by atoms with Crippen molar-refractivity contribution in [1.29, 1.82) is 0 Å². The first-order valence-corrected chi connectivity index (χ1v) is 6.67. The summed E-state index contributed by atoms with van der Waals surface area (Å²) in [5.41, 5.74) is 0. The van der Waals surface area contributed by atoms with Gasteiger partial charge in [-0.15, -0.1) is 0 Å². The summed E-state index contributed by atoms with van der Waals surface area (Å²) in [4.78, 5) is 11.1. The normalized spacial score (nSPS) is 19.6. The van der Waals surface area contributed by atoms with Crippen LogP contribution in [0.3, 0.4) is 0 Å². The predicted molar refractivity (Wildman–Crippen MR) is 71.5 cm³/mol. The molecule has 1 aliphatic heterocycles. The Bertz CT molecular complexity index is 353. The Balaban J connectivity index is 2.09. The van der Waals surface area contributed by atoms with E-state index in [1.54, 1.807) is 6.33 Å². The van der Waals surface area contributed by atoms with Crippen molar-refractivity contribution in [3.05, 3.63) is 12.4 Å². The average Bonchev–Trinajstić information content (AvgIpc) is 2.85. The van der Waals surface area contributed by atoms with Gasteiger partial charge in [-0.25, -0.2) is 9.97 Å². The molecule has 1 saturated heterocycles. The summed E-state index contributed by atoms with van der Waals surface area (Å²) < 4.78 is 0. The molecule has 0 bridgehead atoms. The van der Waals surface area contributed by atoms with Crippen LogP contribution in [0.2, 0.25) is 0 Å². The van der Waals surface area contributed by atoms with Crippen LogP contribution >= 0.6 is 0 Å². The molecule has 1 N–H and O–H groups in total. The van der Waals surface area contributed by atoms with Crippen LogP contribution in [0.5, 0.6) is 0 Å². The van der Waals surface area contributed by atoms with Crippen LogP contribution in [0.25, 0.3) is 0 Å². The molecule has 2 heterocycles. The largest absolute Gasteiger partial charge is 0.370 e. The zero-order chi connectivity index (χ0) is 12.1. The van der Waals surface area contributed by atoms with Gasteiger partial charge in [-0.2, -0.15) is 0 Å². The summed E-state index contributed by atoms with van der Waals surface area (Å²) in [7, 11) is 0. The zero-order valence-electron chi connectivity index (χ0n) is 10.8. The van der Waals surface area contributed by atoms with Gasteiger partial charge in [-0.1, -0.05) is 13.8 Å². The number of rotatable bonds is 5. The van der Waals surface area contributed by atoms with Gasteiger partial charge in [0.1, 0.15) is 18.0 Å². The maximum atomic E-state index is 4.40. The van der Waals surface area contributed by atoms with E-state index in [1.807, 2.05) is 0 Å². The summed E-state index contributed by atoms with van der Waals surface area (Å²) in [6, 6.07) is 2.73. The Morgan fingerprint density at radius 1 is 1.41 bits per heavy atom. The number of aromatic nitrogens is 2. The van der Waals surface area contributed by atoms with Crippen LogP contribution in [-0.4, -0.2) is 29.1 Å². The topological polar surface area (TPSA) is 41.0 Å². The van der Waals surface area contributed by atoms with Gasteiger partial charge in [0.25, 0.3) is 0 Å². The molecule has 2 rings (SSSR count). The Morgan fingerprint density at radius 3 is 3.06 bits per heavy atom. The average molecular weight is 234 g/mol. The first kappa shape index (κ1) is 12.1. The van der Waals surface area contributed by atoms with E-state index in [1.165, 1.54) is 19.3 Å². The monoisotopic (exact) mass is 234 g/mol. The molecular formula is C13H22N4. The van der Waals surface area contributed by atoms with Gasteiger partial charge in [0.05, 0.1) is 0 Å². The van der Waals surface area contributed by atoms with Crippen molar-refractivity contribution in [2.75, 3.05) is 23.3 Å². The van der Waals surface area contributed by atoms with Gasteiger partial charge in [-0.05, 0) is 25.7 Å². The molecule has 1 aromatic heterocycles. The van der Waals surface area contributed by atoms with Crippen molar-refractivity contribution in [3.63, 3.8) is 0 Å². The van der Waals surface area contributed by atoms with Gasteiger partial charge in [0.15, 0.2) is 0 Å². The first-order chi connectivity index (χ1) is 8.35. The Labute approximate surface area is 103 Å². The SMILES string of the molecule is CCCNc1cc(N2CCCC2CC)ncn1. The molecule has 0 radical (unpaired) electrons. The fourth-order valence-electron chi connectivity index (χ4n) is 2.42. The summed E-state index contributed by atoms with van der Waals surface area (Å²) in [6.45, 7) is 6.50. The molecule has 0 aliphatic carbocycles. The quantitative estimate of drug-likeness (QED) is 0.850. The minimum absolute atomic E-state index is 0.656. The van der Waals surface area contributed by atoms with Gasteiger partial charge >= 0.3 is 0 Å². The number of hydrogen-bond donors (Lipinski definition) is 1. The lowest BCUT2D eigenvalue weighted by Crippen LogP contribution is -2.29. The fraction of sp³-hybridized carbons (Fsp3) is 0.692. The van der Waals surface area contributed by atoms with Crippen LogP contribution in [0.15, 0.2) is 12.4 Å². The summed E-state index contributed by atoms with van der Waals surface area (Å²) in [5.74, 6) is 2.02. The number of anilines is 2. The smallest absolute Gasteiger partial charge is 0.134 e. The van der Waals surface area contributed by atoms with Crippen LogP contribution in [0.4, 0.5) is 11.6 Å².